The second kappa shape index (κ2) is 7.04. The normalized spacial score (nSPS) is 10.6. The number of amides is 1. The largest absolute Gasteiger partial charge is 0.351 e. The number of carbonyl (C=O) groups excluding carboxylic acids is 1. The molecule has 2 N–H and O–H groups in total. The molecule has 0 aliphatic rings. The zero-order valence-corrected chi connectivity index (χ0v) is 12.8. The Bertz CT molecular complexity index is 604. The molecule has 0 aliphatic carbocycles. The van der Waals surface area contributed by atoms with E-state index in [-0.39, 0.29) is 5.91 Å². The molecule has 0 unspecified atom stereocenters. The van der Waals surface area contributed by atoms with Gasteiger partial charge in [-0.1, -0.05) is 30.3 Å². The Morgan fingerprint density at radius 1 is 1.24 bits per heavy atom. The number of hydrogen-bond acceptors (Lipinski definition) is 3. The van der Waals surface area contributed by atoms with Crippen molar-refractivity contribution in [2.24, 2.45) is 0 Å². The monoisotopic (exact) mass is 286 g/mol. The van der Waals surface area contributed by atoms with E-state index in [1.165, 1.54) is 5.56 Å². The van der Waals surface area contributed by atoms with E-state index in [2.05, 4.69) is 27.9 Å². The van der Waals surface area contributed by atoms with Crippen molar-refractivity contribution >= 4 is 5.91 Å². The molecule has 112 valence electrons. The topological polar surface area (TPSA) is 59.0 Å². The summed E-state index contributed by atoms with van der Waals surface area (Å²) in [4.78, 5) is 11.5. The molecule has 0 saturated heterocycles. The Morgan fingerprint density at radius 3 is 2.62 bits per heavy atom. The van der Waals surface area contributed by atoms with Gasteiger partial charge in [0, 0.05) is 17.8 Å². The molecule has 2 aromatic rings. The van der Waals surface area contributed by atoms with Crippen LogP contribution in [0.5, 0.6) is 0 Å². The number of aryl methyl sites for hydroxylation is 1. The second-order valence-corrected chi connectivity index (χ2v) is 5.10. The molecular weight excluding hydrogens is 264 g/mol. The summed E-state index contributed by atoms with van der Waals surface area (Å²) < 4.78 is 1.99. The van der Waals surface area contributed by atoms with E-state index in [0.29, 0.717) is 13.1 Å². The molecule has 5 heteroatoms. The lowest BCUT2D eigenvalue weighted by molar-refractivity contribution is -0.120. The van der Waals surface area contributed by atoms with Crippen LogP contribution < -0.4 is 10.6 Å². The van der Waals surface area contributed by atoms with Crippen LogP contribution in [0.4, 0.5) is 0 Å². The van der Waals surface area contributed by atoms with Crippen molar-refractivity contribution in [2.45, 2.75) is 26.9 Å². The first-order valence-electron chi connectivity index (χ1n) is 7.10. The number of likely N-dealkylation sites (N-methyl/N-ethyl adjacent to an activating group) is 1. The molecular formula is C16H22N4O. The van der Waals surface area contributed by atoms with Crippen LogP contribution in [0.3, 0.4) is 0 Å². The molecule has 1 aromatic carbocycles. The Morgan fingerprint density at radius 2 is 1.95 bits per heavy atom. The highest BCUT2D eigenvalue weighted by Crippen LogP contribution is 2.14. The SMILES string of the molecule is CNCC(=O)NCc1c(C)nn(Cc2ccccc2)c1C. The van der Waals surface area contributed by atoms with Crippen molar-refractivity contribution in [2.75, 3.05) is 13.6 Å². The Hall–Kier alpha value is -2.14. The fourth-order valence-corrected chi connectivity index (χ4v) is 2.31. The summed E-state index contributed by atoms with van der Waals surface area (Å²) in [5.74, 6) is -0.00731. The molecule has 0 fully saturated rings. The first-order valence-corrected chi connectivity index (χ1v) is 7.10. The van der Waals surface area contributed by atoms with Crippen LogP contribution in [0, 0.1) is 13.8 Å². The summed E-state index contributed by atoms with van der Waals surface area (Å²) in [5, 5.41) is 10.3. The van der Waals surface area contributed by atoms with Crippen LogP contribution in [0.1, 0.15) is 22.5 Å². The van der Waals surface area contributed by atoms with Crippen LogP contribution in [0.15, 0.2) is 30.3 Å². The Balaban J connectivity index is 2.08. The van der Waals surface area contributed by atoms with E-state index in [1.54, 1.807) is 7.05 Å². The van der Waals surface area contributed by atoms with E-state index < -0.39 is 0 Å². The molecule has 0 bridgehead atoms. The van der Waals surface area contributed by atoms with Gasteiger partial charge in [0.05, 0.1) is 18.8 Å². The lowest BCUT2D eigenvalue weighted by Gasteiger charge is -2.07. The van der Waals surface area contributed by atoms with Gasteiger partial charge >= 0.3 is 0 Å². The molecule has 2 rings (SSSR count). The summed E-state index contributed by atoms with van der Waals surface area (Å²) in [6.45, 7) is 5.62. The minimum absolute atomic E-state index is 0.00731. The maximum atomic E-state index is 11.5. The zero-order valence-electron chi connectivity index (χ0n) is 12.8. The van der Waals surface area contributed by atoms with Crippen molar-refractivity contribution in [3.63, 3.8) is 0 Å². The van der Waals surface area contributed by atoms with Gasteiger partial charge in [-0.15, -0.1) is 0 Å². The van der Waals surface area contributed by atoms with Gasteiger partial charge in [0.15, 0.2) is 0 Å². The molecule has 0 saturated carbocycles. The van der Waals surface area contributed by atoms with E-state index in [1.807, 2.05) is 36.7 Å². The Kier molecular flexibility index (Phi) is 5.11. The Labute approximate surface area is 125 Å². The molecule has 5 nitrogen and oxygen atoms in total. The third-order valence-electron chi connectivity index (χ3n) is 3.51. The van der Waals surface area contributed by atoms with Gasteiger partial charge in [-0.05, 0) is 26.5 Å². The van der Waals surface area contributed by atoms with Crippen LogP contribution >= 0.6 is 0 Å². The van der Waals surface area contributed by atoms with Crippen LogP contribution in [-0.4, -0.2) is 29.3 Å². The maximum Gasteiger partial charge on any atom is 0.234 e. The van der Waals surface area contributed by atoms with Gasteiger partial charge in [-0.3, -0.25) is 9.48 Å². The molecule has 0 radical (unpaired) electrons. The average Bonchev–Trinajstić information content (AvgIpc) is 2.73. The predicted octanol–water partition coefficient (Wildman–Crippen LogP) is 1.38. The van der Waals surface area contributed by atoms with Crippen molar-refractivity contribution in [1.29, 1.82) is 0 Å². The number of benzene rings is 1. The number of rotatable bonds is 6. The smallest absolute Gasteiger partial charge is 0.234 e. The summed E-state index contributed by atoms with van der Waals surface area (Å²) in [6, 6.07) is 10.2. The quantitative estimate of drug-likeness (QED) is 0.843. The third-order valence-corrected chi connectivity index (χ3v) is 3.51. The van der Waals surface area contributed by atoms with Gasteiger partial charge < -0.3 is 10.6 Å². The number of hydrogen-bond donors (Lipinski definition) is 2. The lowest BCUT2D eigenvalue weighted by atomic mass is 10.2. The fourth-order valence-electron chi connectivity index (χ4n) is 2.31. The lowest BCUT2D eigenvalue weighted by Crippen LogP contribution is -2.31. The summed E-state index contributed by atoms with van der Waals surface area (Å²) >= 11 is 0. The van der Waals surface area contributed by atoms with Gasteiger partial charge in [0.2, 0.25) is 5.91 Å². The van der Waals surface area contributed by atoms with Crippen molar-refractivity contribution in [3.8, 4) is 0 Å². The highest BCUT2D eigenvalue weighted by Gasteiger charge is 2.12. The van der Waals surface area contributed by atoms with Gasteiger partial charge in [0.25, 0.3) is 0 Å². The molecule has 0 atom stereocenters. The minimum Gasteiger partial charge on any atom is -0.351 e. The molecule has 0 spiro atoms. The molecule has 1 heterocycles. The summed E-state index contributed by atoms with van der Waals surface area (Å²) in [5.41, 5.74) is 4.37. The van der Waals surface area contributed by atoms with Crippen molar-refractivity contribution < 1.29 is 4.79 Å². The van der Waals surface area contributed by atoms with Crippen LogP contribution in [0.2, 0.25) is 0 Å². The zero-order chi connectivity index (χ0) is 15.2. The summed E-state index contributed by atoms with van der Waals surface area (Å²) in [7, 11) is 1.76. The molecule has 0 aliphatic heterocycles. The highest BCUT2D eigenvalue weighted by atomic mass is 16.1. The fraction of sp³-hybridized carbons (Fsp3) is 0.375. The first-order chi connectivity index (χ1) is 10.1. The van der Waals surface area contributed by atoms with Crippen molar-refractivity contribution in [3.05, 3.63) is 52.8 Å². The average molecular weight is 286 g/mol. The molecule has 21 heavy (non-hydrogen) atoms. The predicted molar refractivity (Wildman–Crippen MR) is 83.0 cm³/mol. The highest BCUT2D eigenvalue weighted by molar-refractivity contribution is 5.77. The number of nitrogens with one attached hydrogen (secondary N) is 2. The van der Waals surface area contributed by atoms with Crippen LogP contribution in [0.25, 0.3) is 0 Å². The van der Waals surface area contributed by atoms with E-state index in [0.717, 1.165) is 23.5 Å². The standard InChI is InChI=1S/C16H22N4O/c1-12-15(9-18-16(21)10-17-3)13(2)20(19-12)11-14-7-5-4-6-8-14/h4-8,17H,9-11H2,1-3H3,(H,18,21). The van der Waals surface area contributed by atoms with E-state index in [9.17, 15) is 4.79 Å². The molecule has 1 amide bonds. The van der Waals surface area contributed by atoms with Gasteiger partial charge in [-0.2, -0.15) is 5.10 Å². The van der Waals surface area contributed by atoms with Gasteiger partial charge in [-0.25, -0.2) is 0 Å². The first kappa shape index (κ1) is 15.3. The van der Waals surface area contributed by atoms with E-state index >= 15 is 0 Å². The van der Waals surface area contributed by atoms with Crippen molar-refractivity contribution in [1.82, 2.24) is 20.4 Å². The molecule has 1 aromatic heterocycles. The van der Waals surface area contributed by atoms with Crippen LogP contribution in [-0.2, 0) is 17.9 Å². The minimum atomic E-state index is -0.00731. The second-order valence-electron chi connectivity index (χ2n) is 5.10. The maximum absolute atomic E-state index is 11.5. The summed E-state index contributed by atoms with van der Waals surface area (Å²) in [6.07, 6.45) is 0. The third kappa shape index (κ3) is 3.92. The van der Waals surface area contributed by atoms with E-state index in [4.69, 9.17) is 0 Å². The number of aromatic nitrogens is 2. The number of carbonyl (C=O) groups is 1. The van der Waals surface area contributed by atoms with Gasteiger partial charge in [0.1, 0.15) is 0 Å². The number of nitrogens with zero attached hydrogens (tertiary/aromatic N) is 2.